The van der Waals surface area contributed by atoms with Crippen LogP contribution in [0.3, 0.4) is 0 Å². The van der Waals surface area contributed by atoms with E-state index in [4.69, 9.17) is 4.74 Å². The molecule has 0 radical (unpaired) electrons. The van der Waals surface area contributed by atoms with Crippen molar-refractivity contribution in [2.24, 2.45) is 5.92 Å². The van der Waals surface area contributed by atoms with Gasteiger partial charge in [-0.05, 0) is 31.1 Å². The van der Waals surface area contributed by atoms with Crippen LogP contribution in [-0.2, 0) is 11.2 Å². The van der Waals surface area contributed by atoms with Crippen LogP contribution in [-0.4, -0.2) is 22.1 Å². The highest BCUT2D eigenvalue weighted by molar-refractivity contribution is 6.05. The van der Waals surface area contributed by atoms with Gasteiger partial charge < -0.3 is 14.9 Å². The van der Waals surface area contributed by atoms with E-state index in [9.17, 15) is 15.0 Å². The fraction of sp³-hybridized carbons (Fsp3) is 0.438. The third-order valence-corrected chi connectivity index (χ3v) is 3.68. The lowest BCUT2D eigenvalue weighted by atomic mass is 9.75. The molecule has 0 amide bonds. The maximum atomic E-state index is 12.4. The van der Waals surface area contributed by atoms with Gasteiger partial charge in [-0.1, -0.05) is 13.8 Å². The maximum Gasteiger partial charge on any atom is 0.174 e. The summed E-state index contributed by atoms with van der Waals surface area (Å²) < 4.78 is 5.42. The van der Waals surface area contributed by atoms with Crippen LogP contribution < -0.4 is 0 Å². The van der Waals surface area contributed by atoms with E-state index in [0.717, 1.165) is 5.57 Å². The molecular weight excluding hydrogens is 256 g/mol. The topological polar surface area (TPSA) is 66.8 Å². The Balaban J connectivity index is 0.000000704. The van der Waals surface area contributed by atoms with Gasteiger partial charge in [-0.2, -0.15) is 0 Å². The van der Waals surface area contributed by atoms with Gasteiger partial charge in [0.1, 0.15) is 11.5 Å². The van der Waals surface area contributed by atoms with E-state index in [0.29, 0.717) is 18.4 Å². The van der Waals surface area contributed by atoms with Gasteiger partial charge in [0.15, 0.2) is 5.78 Å². The number of fused-ring (bicyclic) bond motifs is 2. The van der Waals surface area contributed by atoms with Gasteiger partial charge in [-0.3, -0.25) is 4.79 Å². The van der Waals surface area contributed by atoms with Gasteiger partial charge in [-0.15, -0.1) is 0 Å². The maximum absolute atomic E-state index is 12.4. The monoisotopic (exact) mass is 276 g/mol. The number of aromatic hydroxyl groups is 2. The van der Waals surface area contributed by atoms with E-state index in [1.54, 1.807) is 6.26 Å². The van der Waals surface area contributed by atoms with Crippen LogP contribution in [0, 0.1) is 5.92 Å². The third-order valence-electron chi connectivity index (χ3n) is 3.68. The highest BCUT2D eigenvalue weighted by Gasteiger charge is 2.37. The van der Waals surface area contributed by atoms with Crippen LogP contribution in [0.25, 0.3) is 0 Å². The normalized spacial score (nSPS) is 23.6. The number of allylic oxidation sites excluding steroid dienone is 1. The first-order valence-electron chi connectivity index (χ1n) is 7.00. The second-order valence-electron chi connectivity index (χ2n) is 4.93. The Bertz CT molecular complexity index is 560. The van der Waals surface area contributed by atoms with Crippen molar-refractivity contribution in [3.63, 3.8) is 0 Å². The van der Waals surface area contributed by atoms with Crippen molar-refractivity contribution in [2.75, 3.05) is 0 Å². The van der Waals surface area contributed by atoms with Crippen molar-refractivity contribution in [2.45, 2.75) is 39.7 Å². The third kappa shape index (κ3) is 2.26. The lowest BCUT2D eigenvalue weighted by molar-refractivity contribution is 0.0769. The molecule has 2 aliphatic rings. The molecular formula is C16H20O4. The smallest absolute Gasteiger partial charge is 0.174 e. The van der Waals surface area contributed by atoms with Gasteiger partial charge in [0.05, 0.1) is 23.8 Å². The molecule has 1 heterocycles. The van der Waals surface area contributed by atoms with Crippen molar-refractivity contribution < 1.29 is 19.7 Å². The lowest BCUT2D eigenvalue weighted by Crippen LogP contribution is -2.31. The number of benzene rings is 1. The quantitative estimate of drug-likeness (QED) is 0.714. The number of hydrogen-bond donors (Lipinski definition) is 2. The predicted octanol–water partition coefficient (Wildman–Crippen LogP) is 3.17. The molecule has 2 unspecified atom stereocenters. The summed E-state index contributed by atoms with van der Waals surface area (Å²) in [5, 5.41) is 19.6. The number of phenols is 2. The van der Waals surface area contributed by atoms with Crippen LogP contribution in [0.15, 0.2) is 24.0 Å². The molecule has 2 atom stereocenters. The average molecular weight is 276 g/mol. The minimum atomic E-state index is -0.228. The van der Waals surface area contributed by atoms with Crippen LogP contribution in [0.1, 0.15) is 43.1 Å². The highest BCUT2D eigenvalue weighted by Crippen LogP contribution is 2.42. The van der Waals surface area contributed by atoms with Gasteiger partial charge in [0.2, 0.25) is 0 Å². The second-order valence-corrected chi connectivity index (χ2v) is 4.93. The Morgan fingerprint density at radius 1 is 1.20 bits per heavy atom. The average Bonchev–Trinajstić information content (AvgIpc) is 2.46. The molecule has 3 rings (SSSR count). The first-order chi connectivity index (χ1) is 9.58. The van der Waals surface area contributed by atoms with Gasteiger partial charge >= 0.3 is 0 Å². The SMILES string of the molecule is CC.CC1CC2C(=O)c3c(O)ccc(O)c3CC2=CO1. The summed E-state index contributed by atoms with van der Waals surface area (Å²) in [7, 11) is 0. The van der Waals surface area contributed by atoms with Crippen LogP contribution in [0.5, 0.6) is 11.5 Å². The molecule has 4 heteroatoms. The first kappa shape index (κ1) is 14.4. The van der Waals surface area contributed by atoms with Crippen molar-refractivity contribution >= 4 is 5.78 Å². The number of Topliss-reactive ketones (excluding diaryl/α,β-unsaturated/α-hetero) is 1. The van der Waals surface area contributed by atoms with Crippen molar-refractivity contribution in [1.82, 2.24) is 0 Å². The minimum Gasteiger partial charge on any atom is -0.508 e. The Hall–Kier alpha value is -1.97. The van der Waals surface area contributed by atoms with Gasteiger partial charge in [-0.25, -0.2) is 0 Å². The van der Waals surface area contributed by atoms with Gasteiger partial charge in [0.25, 0.3) is 0 Å². The van der Waals surface area contributed by atoms with E-state index < -0.39 is 0 Å². The molecule has 1 aromatic rings. The van der Waals surface area contributed by atoms with E-state index in [2.05, 4.69) is 0 Å². The number of carbonyl (C=O) groups excluding carboxylic acids is 1. The zero-order valence-corrected chi connectivity index (χ0v) is 12.0. The summed E-state index contributed by atoms with van der Waals surface area (Å²) >= 11 is 0. The summed E-state index contributed by atoms with van der Waals surface area (Å²) in [6.07, 6.45) is 2.71. The summed E-state index contributed by atoms with van der Waals surface area (Å²) in [4.78, 5) is 12.4. The zero-order valence-electron chi connectivity index (χ0n) is 12.0. The largest absolute Gasteiger partial charge is 0.508 e. The lowest BCUT2D eigenvalue weighted by Gasteiger charge is -2.32. The van der Waals surface area contributed by atoms with E-state index >= 15 is 0 Å². The molecule has 2 N–H and O–H groups in total. The fourth-order valence-corrected chi connectivity index (χ4v) is 2.72. The molecule has 0 saturated carbocycles. The zero-order chi connectivity index (χ0) is 14.9. The van der Waals surface area contributed by atoms with Crippen LogP contribution in [0.4, 0.5) is 0 Å². The molecule has 0 spiro atoms. The molecule has 0 saturated heterocycles. The molecule has 1 aromatic carbocycles. The Morgan fingerprint density at radius 3 is 2.55 bits per heavy atom. The standard InChI is InChI=1S/C14H14O4.C2H6/c1-7-4-9-8(6-18-7)5-10-11(15)2-3-12(16)13(10)14(9)17;1-2/h2-3,6-7,9,15-16H,4-5H2,1H3;1-2H3. The van der Waals surface area contributed by atoms with Crippen molar-refractivity contribution in [3.8, 4) is 11.5 Å². The van der Waals surface area contributed by atoms with Crippen LogP contribution in [0.2, 0.25) is 0 Å². The van der Waals surface area contributed by atoms with Gasteiger partial charge in [0, 0.05) is 12.0 Å². The minimum absolute atomic E-state index is 0.00343. The Morgan fingerprint density at radius 2 is 1.85 bits per heavy atom. The van der Waals surface area contributed by atoms with E-state index in [1.165, 1.54) is 12.1 Å². The van der Waals surface area contributed by atoms with Crippen molar-refractivity contribution in [1.29, 1.82) is 0 Å². The summed E-state index contributed by atoms with van der Waals surface area (Å²) in [6, 6.07) is 2.78. The number of carbonyl (C=O) groups is 1. The predicted molar refractivity (Wildman–Crippen MR) is 75.9 cm³/mol. The Labute approximate surface area is 118 Å². The molecule has 4 nitrogen and oxygen atoms in total. The number of rotatable bonds is 0. The van der Waals surface area contributed by atoms with E-state index in [1.807, 2.05) is 20.8 Å². The molecule has 20 heavy (non-hydrogen) atoms. The molecule has 1 aliphatic heterocycles. The first-order valence-corrected chi connectivity index (χ1v) is 7.00. The summed E-state index contributed by atoms with van der Waals surface area (Å²) in [5.74, 6) is -0.347. The number of phenolic OH excluding ortho intramolecular Hbond substituents is 2. The molecule has 1 aliphatic carbocycles. The fourth-order valence-electron chi connectivity index (χ4n) is 2.72. The number of hydrogen-bond acceptors (Lipinski definition) is 4. The molecule has 0 fully saturated rings. The van der Waals surface area contributed by atoms with E-state index in [-0.39, 0.29) is 34.9 Å². The highest BCUT2D eigenvalue weighted by atomic mass is 16.5. The number of ketones is 1. The van der Waals surface area contributed by atoms with Crippen molar-refractivity contribution in [3.05, 3.63) is 35.1 Å². The Kier molecular flexibility index (Phi) is 4.02. The molecule has 108 valence electrons. The summed E-state index contributed by atoms with van der Waals surface area (Å²) in [6.45, 7) is 5.92. The van der Waals surface area contributed by atoms with Crippen LogP contribution >= 0.6 is 0 Å². The number of ether oxygens (including phenoxy) is 1. The molecule has 0 bridgehead atoms. The summed E-state index contributed by atoms with van der Waals surface area (Å²) in [5.41, 5.74) is 1.65. The molecule has 0 aromatic heterocycles. The second kappa shape index (κ2) is 5.57.